The molecule has 0 aromatic rings. The van der Waals surface area contributed by atoms with Crippen molar-refractivity contribution in [3.8, 4) is 0 Å². The van der Waals surface area contributed by atoms with Crippen LogP contribution in [-0.4, -0.2) is 15.7 Å². The van der Waals surface area contributed by atoms with Gasteiger partial charge in [0.1, 0.15) is 4.33 Å². The Balaban J connectivity index is 4.04. The molecule has 0 aliphatic rings. The second-order valence-corrected chi connectivity index (χ2v) is 8.15. The highest BCUT2D eigenvalue weighted by Crippen LogP contribution is 2.35. The van der Waals surface area contributed by atoms with Crippen LogP contribution in [0.5, 0.6) is 0 Å². The first kappa shape index (κ1) is 17.2. The first-order valence-corrected chi connectivity index (χ1v) is 8.65. The summed E-state index contributed by atoms with van der Waals surface area (Å²) in [5.74, 6) is 0. The van der Waals surface area contributed by atoms with Gasteiger partial charge < -0.3 is 0 Å². The van der Waals surface area contributed by atoms with Gasteiger partial charge in [-0.1, -0.05) is 65.3 Å². The van der Waals surface area contributed by atoms with E-state index in [9.17, 15) is 4.57 Å². The number of nitrogens with one attached hydrogen (secondary N) is 1. The molecule has 0 fully saturated rings. The third-order valence-corrected chi connectivity index (χ3v) is 5.29. The fourth-order valence-corrected chi connectivity index (χ4v) is 2.64. The summed E-state index contributed by atoms with van der Waals surface area (Å²) in [5, 5.41) is 2.45. The number of nitrogens with two attached hydrogens (primary N) is 2. The molecule has 0 rings (SSSR count). The highest BCUT2D eigenvalue weighted by atomic mass is 79.9. The van der Waals surface area contributed by atoms with Gasteiger partial charge in [-0.05, 0) is 6.42 Å². The van der Waals surface area contributed by atoms with Crippen LogP contribution in [0.1, 0.15) is 32.6 Å². The third kappa shape index (κ3) is 8.29. The summed E-state index contributed by atoms with van der Waals surface area (Å²) in [4.78, 5) is -0.0890. The summed E-state index contributed by atoms with van der Waals surface area (Å²) in [6.07, 6.45) is 4.15. The molecule has 4 nitrogen and oxygen atoms in total. The molecule has 0 saturated heterocycles. The van der Waals surface area contributed by atoms with Gasteiger partial charge in [0, 0.05) is 11.4 Å². The first-order chi connectivity index (χ1) is 7.19. The normalized spacial score (nSPS) is 15.1. The Kier molecular flexibility index (Phi) is 8.12. The first-order valence-electron chi connectivity index (χ1n) is 5.13. The molecule has 5 N–H and O–H groups in total. The van der Waals surface area contributed by atoms with E-state index in [0.717, 1.165) is 25.7 Å². The molecule has 0 aromatic heterocycles. The van der Waals surface area contributed by atoms with Crippen LogP contribution in [0.3, 0.4) is 0 Å². The molecule has 0 aliphatic carbocycles. The van der Waals surface area contributed by atoms with Gasteiger partial charge in [-0.25, -0.2) is 5.09 Å². The summed E-state index contributed by atoms with van der Waals surface area (Å²) in [6, 6.07) is 0. The molecule has 0 bridgehead atoms. The van der Waals surface area contributed by atoms with Crippen molar-refractivity contribution in [1.29, 1.82) is 0 Å². The second-order valence-electron chi connectivity index (χ2n) is 3.77. The van der Waals surface area contributed by atoms with Crippen LogP contribution < -0.4 is 16.1 Å². The van der Waals surface area contributed by atoms with Gasteiger partial charge in [0.25, 0.3) is 7.59 Å². The van der Waals surface area contributed by atoms with E-state index in [1.165, 1.54) is 0 Å². The van der Waals surface area contributed by atoms with E-state index in [-0.39, 0.29) is 11.4 Å². The molecule has 16 heavy (non-hydrogen) atoms. The predicted octanol–water partition coefficient (Wildman–Crippen LogP) is 3.12. The minimum absolute atomic E-state index is 0.0857. The molecular weight excluding hydrogens is 336 g/mol. The minimum Gasteiger partial charge on any atom is -0.271 e. The SMILES string of the molecule is CCCCCC(Br)C(Cl)(Cl)CNP(N)(N)=O. The molecule has 1 unspecified atom stereocenters. The summed E-state index contributed by atoms with van der Waals surface area (Å²) in [7, 11) is -3.27. The van der Waals surface area contributed by atoms with Crippen molar-refractivity contribution in [2.45, 2.75) is 41.8 Å². The van der Waals surface area contributed by atoms with Gasteiger partial charge in [-0.15, -0.1) is 0 Å². The Morgan fingerprint density at radius 2 is 2.00 bits per heavy atom. The molecule has 0 amide bonds. The van der Waals surface area contributed by atoms with E-state index in [1.807, 2.05) is 0 Å². The summed E-state index contributed by atoms with van der Waals surface area (Å²) < 4.78 is 9.99. The Bertz CT molecular complexity index is 249. The average Bonchev–Trinajstić information content (AvgIpc) is 2.14. The maximum atomic E-state index is 11.1. The molecule has 98 valence electrons. The van der Waals surface area contributed by atoms with Crippen molar-refractivity contribution >= 4 is 46.7 Å². The van der Waals surface area contributed by atoms with E-state index >= 15 is 0 Å². The van der Waals surface area contributed by atoms with Gasteiger partial charge in [0.05, 0.1) is 0 Å². The van der Waals surface area contributed by atoms with Gasteiger partial charge in [-0.3, -0.25) is 15.6 Å². The zero-order valence-corrected chi connectivity index (χ0v) is 13.2. The number of alkyl halides is 3. The fourth-order valence-electron chi connectivity index (χ4n) is 1.12. The van der Waals surface area contributed by atoms with Crippen LogP contribution >= 0.6 is 46.7 Å². The Labute approximate surface area is 115 Å². The van der Waals surface area contributed by atoms with E-state index in [0.29, 0.717) is 0 Å². The van der Waals surface area contributed by atoms with Crippen LogP contribution in [0.4, 0.5) is 0 Å². The highest BCUT2D eigenvalue weighted by Gasteiger charge is 2.33. The lowest BCUT2D eigenvalue weighted by Gasteiger charge is -2.26. The lowest BCUT2D eigenvalue weighted by atomic mass is 10.1. The van der Waals surface area contributed by atoms with Crippen LogP contribution in [0, 0.1) is 0 Å². The topological polar surface area (TPSA) is 81.1 Å². The van der Waals surface area contributed by atoms with Crippen LogP contribution in [0.15, 0.2) is 0 Å². The number of rotatable bonds is 8. The lowest BCUT2D eigenvalue weighted by molar-refractivity contribution is 0.555. The quantitative estimate of drug-likeness (QED) is 0.355. The number of hydrogen-bond acceptors (Lipinski definition) is 1. The fraction of sp³-hybridized carbons (Fsp3) is 1.00. The Hall–Kier alpha value is 1.17. The number of unbranched alkanes of at least 4 members (excludes halogenated alkanes) is 2. The zero-order chi connectivity index (χ0) is 12.8. The Morgan fingerprint density at radius 1 is 1.44 bits per heavy atom. The summed E-state index contributed by atoms with van der Waals surface area (Å²) in [5.41, 5.74) is 10.3. The molecule has 0 heterocycles. The van der Waals surface area contributed by atoms with E-state index in [2.05, 4.69) is 27.9 Å². The largest absolute Gasteiger partial charge is 0.273 e. The lowest BCUT2D eigenvalue weighted by Crippen LogP contribution is -2.39. The van der Waals surface area contributed by atoms with Crippen molar-refractivity contribution < 1.29 is 4.57 Å². The molecule has 0 saturated carbocycles. The molecule has 0 radical (unpaired) electrons. The van der Waals surface area contributed by atoms with Crippen molar-refractivity contribution in [3.63, 3.8) is 0 Å². The van der Waals surface area contributed by atoms with Crippen LogP contribution in [-0.2, 0) is 4.57 Å². The van der Waals surface area contributed by atoms with Gasteiger partial charge in [0.2, 0.25) is 0 Å². The molecule has 1 atom stereocenters. The van der Waals surface area contributed by atoms with Crippen molar-refractivity contribution in [2.24, 2.45) is 11.0 Å². The maximum absolute atomic E-state index is 11.1. The van der Waals surface area contributed by atoms with Gasteiger partial charge in [-0.2, -0.15) is 0 Å². The zero-order valence-electron chi connectivity index (χ0n) is 9.26. The molecular formula is C8H19BrCl2N3OP. The van der Waals surface area contributed by atoms with Gasteiger partial charge in [0.15, 0.2) is 0 Å². The molecule has 8 heteroatoms. The molecule has 0 aliphatic heterocycles. The standard InChI is InChI=1S/C8H19BrCl2N3OP/c1-2-3-4-5-7(9)8(10,11)6-14-16(12,13)15/h7H,2-6H2,1H3,(H5,12,13,14,15). The van der Waals surface area contributed by atoms with E-state index in [1.54, 1.807) is 0 Å². The maximum Gasteiger partial charge on any atom is 0.273 e. The second kappa shape index (κ2) is 7.57. The smallest absolute Gasteiger partial charge is 0.271 e. The summed E-state index contributed by atoms with van der Waals surface area (Å²) in [6.45, 7) is 2.21. The van der Waals surface area contributed by atoms with E-state index in [4.69, 9.17) is 34.2 Å². The predicted molar refractivity (Wildman–Crippen MR) is 75.3 cm³/mol. The monoisotopic (exact) mass is 353 g/mol. The van der Waals surface area contributed by atoms with E-state index < -0.39 is 11.9 Å². The van der Waals surface area contributed by atoms with Crippen LogP contribution in [0.2, 0.25) is 0 Å². The number of hydrogen-bond donors (Lipinski definition) is 3. The van der Waals surface area contributed by atoms with Gasteiger partial charge >= 0.3 is 0 Å². The van der Waals surface area contributed by atoms with Crippen LogP contribution in [0.25, 0.3) is 0 Å². The van der Waals surface area contributed by atoms with Crippen molar-refractivity contribution in [2.75, 3.05) is 6.54 Å². The van der Waals surface area contributed by atoms with Crippen molar-refractivity contribution in [3.05, 3.63) is 0 Å². The number of halogens is 3. The molecule has 0 spiro atoms. The Morgan fingerprint density at radius 3 is 2.44 bits per heavy atom. The third-order valence-electron chi connectivity index (χ3n) is 2.08. The highest BCUT2D eigenvalue weighted by molar-refractivity contribution is 9.09. The summed E-state index contributed by atoms with van der Waals surface area (Å²) >= 11 is 15.6. The average molecular weight is 355 g/mol. The minimum atomic E-state index is -3.27. The molecule has 0 aromatic carbocycles. The van der Waals surface area contributed by atoms with Crippen molar-refractivity contribution in [1.82, 2.24) is 5.09 Å².